The first-order chi connectivity index (χ1) is 13.7. The Morgan fingerprint density at radius 3 is 2.41 bits per heavy atom. The number of ether oxygens (including phenoxy) is 1. The number of nitrogens with one attached hydrogen (secondary N) is 1. The quantitative estimate of drug-likeness (QED) is 0.330. The summed E-state index contributed by atoms with van der Waals surface area (Å²) in [6.45, 7) is 5.74. The molecule has 1 rings (SSSR count). The molecule has 0 aromatic carbocycles. The third kappa shape index (κ3) is 9.33. The largest absolute Gasteiger partial charge is 0.483 e. The topological polar surface area (TPSA) is 50.7 Å². The Kier molecular flexibility index (Phi) is 10.8. The van der Waals surface area contributed by atoms with Gasteiger partial charge in [-0.05, 0) is 56.6 Å². The minimum Gasteiger partial charge on any atom is -0.483 e. The summed E-state index contributed by atoms with van der Waals surface area (Å²) in [5, 5.41) is 2.84. The number of nitrogens with zero attached hydrogens (tertiary/aromatic N) is 1. The third-order valence-electron chi connectivity index (χ3n) is 4.95. The second-order valence-corrected chi connectivity index (χ2v) is 7.37. The lowest BCUT2D eigenvalue weighted by Crippen LogP contribution is -2.36. The van der Waals surface area contributed by atoms with Crippen LogP contribution in [0.25, 0.3) is 0 Å². The van der Waals surface area contributed by atoms with Crippen LogP contribution in [0, 0.1) is 11.8 Å². The summed E-state index contributed by atoms with van der Waals surface area (Å²) in [5.74, 6) is 0.939. The summed E-state index contributed by atoms with van der Waals surface area (Å²) in [7, 11) is 1.43. The number of alkyl halides is 3. The first-order valence-electron chi connectivity index (χ1n) is 10.2. The summed E-state index contributed by atoms with van der Waals surface area (Å²) in [4.78, 5) is 16.6. The van der Waals surface area contributed by atoms with Crippen LogP contribution in [0.3, 0.4) is 0 Å². The molecule has 1 aliphatic rings. The molecule has 29 heavy (non-hydrogen) atoms. The number of halogens is 3. The standard InChI is InChI=1S/C22H33F3N2O2/c1-5-7-17(13-19(8-6-2)22(23,24)25)14-26-20(29-4)15-27-21(28)18-11-9-16(3)10-12-18/h5,7-8,13,16,18H,6,9-12,14-15H2,1-4H3,(H,27,28)/b7-5-,17-13+,19-8-,26-20?. The van der Waals surface area contributed by atoms with Gasteiger partial charge in [-0.15, -0.1) is 0 Å². The van der Waals surface area contributed by atoms with Gasteiger partial charge in [-0.25, -0.2) is 4.99 Å². The molecular formula is C22H33F3N2O2. The summed E-state index contributed by atoms with van der Waals surface area (Å²) < 4.78 is 44.6. The number of aliphatic imine (C=N–C) groups is 1. The number of allylic oxidation sites excluding steroid dienone is 4. The van der Waals surface area contributed by atoms with Gasteiger partial charge in [-0.2, -0.15) is 13.2 Å². The van der Waals surface area contributed by atoms with Crippen molar-refractivity contribution in [2.75, 3.05) is 20.2 Å². The molecule has 1 aliphatic carbocycles. The zero-order chi connectivity index (χ0) is 21.9. The van der Waals surface area contributed by atoms with Gasteiger partial charge in [0.05, 0.1) is 25.8 Å². The van der Waals surface area contributed by atoms with E-state index in [9.17, 15) is 18.0 Å². The summed E-state index contributed by atoms with van der Waals surface area (Å²) >= 11 is 0. The fraction of sp³-hybridized carbons (Fsp3) is 0.636. The van der Waals surface area contributed by atoms with Gasteiger partial charge in [0.2, 0.25) is 11.8 Å². The maximum absolute atomic E-state index is 13.1. The van der Waals surface area contributed by atoms with Crippen molar-refractivity contribution >= 4 is 11.8 Å². The van der Waals surface area contributed by atoms with Crippen molar-refractivity contribution in [1.82, 2.24) is 5.32 Å². The van der Waals surface area contributed by atoms with Crippen LogP contribution >= 0.6 is 0 Å². The average molecular weight is 415 g/mol. The highest BCUT2D eigenvalue weighted by Crippen LogP contribution is 2.29. The molecule has 164 valence electrons. The lowest BCUT2D eigenvalue weighted by atomic mass is 9.82. The Morgan fingerprint density at radius 1 is 1.24 bits per heavy atom. The SMILES string of the molecule is C\C=C/C(=C\C(=C\CC)C(F)(F)F)CN=C(CNC(=O)C1CCC(C)CC1)OC. The molecule has 1 amide bonds. The van der Waals surface area contributed by atoms with Crippen molar-refractivity contribution in [3.8, 4) is 0 Å². The van der Waals surface area contributed by atoms with Gasteiger partial charge in [-0.1, -0.05) is 32.1 Å². The molecule has 1 fully saturated rings. The van der Waals surface area contributed by atoms with Gasteiger partial charge < -0.3 is 10.1 Å². The zero-order valence-electron chi connectivity index (χ0n) is 17.8. The number of hydrogen-bond acceptors (Lipinski definition) is 3. The van der Waals surface area contributed by atoms with Crippen LogP contribution in [-0.4, -0.2) is 38.2 Å². The van der Waals surface area contributed by atoms with Crippen LogP contribution in [0.1, 0.15) is 52.9 Å². The van der Waals surface area contributed by atoms with Crippen LogP contribution in [0.4, 0.5) is 13.2 Å². The summed E-state index contributed by atoms with van der Waals surface area (Å²) in [6.07, 6.45) is 5.23. The van der Waals surface area contributed by atoms with Crippen molar-refractivity contribution < 1.29 is 22.7 Å². The van der Waals surface area contributed by atoms with E-state index in [-0.39, 0.29) is 37.2 Å². The average Bonchev–Trinajstić information content (AvgIpc) is 2.67. The van der Waals surface area contributed by atoms with Crippen molar-refractivity contribution in [3.63, 3.8) is 0 Å². The lowest BCUT2D eigenvalue weighted by molar-refractivity contribution is -0.125. The molecule has 0 heterocycles. The van der Waals surface area contributed by atoms with Gasteiger partial charge in [0.1, 0.15) is 0 Å². The number of hydrogen-bond donors (Lipinski definition) is 1. The highest BCUT2D eigenvalue weighted by Gasteiger charge is 2.31. The van der Waals surface area contributed by atoms with E-state index < -0.39 is 11.7 Å². The number of carbonyl (C=O) groups is 1. The first kappa shape index (κ1) is 25.0. The van der Waals surface area contributed by atoms with E-state index in [2.05, 4.69) is 17.2 Å². The van der Waals surface area contributed by atoms with E-state index >= 15 is 0 Å². The van der Waals surface area contributed by atoms with E-state index in [1.807, 2.05) is 0 Å². The molecule has 4 nitrogen and oxygen atoms in total. The lowest BCUT2D eigenvalue weighted by Gasteiger charge is -2.25. The minimum atomic E-state index is -4.41. The fourth-order valence-electron chi connectivity index (χ4n) is 3.24. The van der Waals surface area contributed by atoms with Crippen molar-refractivity contribution in [3.05, 3.63) is 35.5 Å². The van der Waals surface area contributed by atoms with E-state index in [0.29, 0.717) is 11.5 Å². The third-order valence-corrected chi connectivity index (χ3v) is 4.95. The highest BCUT2D eigenvalue weighted by molar-refractivity contribution is 5.85. The molecule has 0 bridgehead atoms. The number of methoxy groups -OCH3 is 1. The van der Waals surface area contributed by atoms with E-state index in [0.717, 1.165) is 37.8 Å². The number of amides is 1. The first-order valence-corrected chi connectivity index (χ1v) is 10.2. The Hall–Kier alpha value is -2.05. The molecule has 0 saturated heterocycles. The summed E-state index contributed by atoms with van der Waals surface area (Å²) in [5.41, 5.74) is -0.284. The smallest absolute Gasteiger partial charge is 0.416 e. The predicted molar refractivity (Wildman–Crippen MR) is 111 cm³/mol. The molecule has 1 N–H and O–H groups in total. The molecule has 0 aromatic heterocycles. The molecule has 0 spiro atoms. The molecular weight excluding hydrogens is 381 g/mol. The fourth-order valence-corrected chi connectivity index (χ4v) is 3.24. The van der Waals surface area contributed by atoms with Gasteiger partial charge >= 0.3 is 6.18 Å². The zero-order valence-corrected chi connectivity index (χ0v) is 17.8. The molecule has 0 aromatic rings. The maximum atomic E-state index is 13.1. The molecule has 0 aliphatic heterocycles. The molecule has 0 atom stereocenters. The Balaban J connectivity index is 2.76. The monoisotopic (exact) mass is 414 g/mol. The van der Waals surface area contributed by atoms with E-state index in [1.165, 1.54) is 7.11 Å². The van der Waals surface area contributed by atoms with Crippen LogP contribution in [0.5, 0.6) is 0 Å². The highest BCUT2D eigenvalue weighted by atomic mass is 19.4. The van der Waals surface area contributed by atoms with Crippen LogP contribution in [0.2, 0.25) is 0 Å². The van der Waals surface area contributed by atoms with Crippen molar-refractivity contribution in [2.24, 2.45) is 16.8 Å². The summed E-state index contributed by atoms with van der Waals surface area (Å²) in [6, 6.07) is 0. The Bertz CT molecular complexity index is 641. The number of rotatable bonds is 8. The molecule has 0 radical (unpaired) electrons. The molecule has 1 saturated carbocycles. The maximum Gasteiger partial charge on any atom is 0.416 e. The van der Waals surface area contributed by atoms with Crippen LogP contribution in [0.15, 0.2) is 40.4 Å². The predicted octanol–water partition coefficient (Wildman–Crippen LogP) is 5.38. The normalized spacial score (nSPS) is 22.1. The van der Waals surface area contributed by atoms with Crippen LogP contribution in [-0.2, 0) is 9.53 Å². The molecule has 0 unspecified atom stereocenters. The Labute approximate surface area is 172 Å². The van der Waals surface area contributed by atoms with E-state index in [4.69, 9.17) is 4.74 Å². The van der Waals surface area contributed by atoms with Crippen LogP contribution < -0.4 is 5.32 Å². The Morgan fingerprint density at radius 2 is 1.90 bits per heavy atom. The van der Waals surface area contributed by atoms with E-state index in [1.54, 1.807) is 26.0 Å². The van der Waals surface area contributed by atoms with Gasteiger partial charge in [0.25, 0.3) is 0 Å². The molecule has 7 heteroatoms. The van der Waals surface area contributed by atoms with Gasteiger partial charge in [0, 0.05) is 5.92 Å². The minimum absolute atomic E-state index is 0.0105. The van der Waals surface area contributed by atoms with Crippen molar-refractivity contribution in [2.45, 2.75) is 59.1 Å². The van der Waals surface area contributed by atoms with Gasteiger partial charge in [0.15, 0.2) is 0 Å². The number of carbonyl (C=O) groups excluding carboxylic acids is 1. The second-order valence-electron chi connectivity index (χ2n) is 7.37. The second kappa shape index (κ2) is 12.5. The van der Waals surface area contributed by atoms with Crippen molar-refractivity contribution in [1.29, 1.82) is 0 Å². The van der Waals surface area contributed by atoms with Gasteiger partial charge in [-0.3, -0.25) is 4.79 Å².